The minimum absolute atomic E-state index is 0.0767. The topological polar surface area (TPSA) is 98.6 Å². The van der Waals surface area contributed by atoms with Crippen LogP contribution in [0.3, 0.4) is 0 Å². The van der Waals surface area contributed by atoms with E-state index >= 15 is 0 Å². The van der Waals surface area contributed by atoms with Crippen molar-refractivity contribution in [1.29, 1.82) is 0 Å². The van der Waals surface area contributed by atoms with Gasteiger partial charge in [-0.3, -0.25) is 14.3 Å². The molecule has 0 atom stereocenters. The van der Waals surface area contributed by atoms with Gasteiger partial charge in [0.1, 0.15) is 0 Å². The minimum atomic E-state index is -5.46. The van der Waals surface area contributed by atoms with E-state index in [0.717, 1.165) is 40.7 Å². The number of hydrogen-bond donors (Lipinski definition) is 0. The number of ether oxygens (including phenoxy) is 1. The highest BCUT2D eigenvalue weighted by molar-refractivity contribution is 7.92. The lowest BCUT2D eigenvalue weighted by molar-refractivity contribution is -0.0436. The lowest BCUT2D eigenvalue weighted by atomic mass is 9.96. The molecule has 210 valence electrons. The number of halogens is 3. The number of nitrogens with zero attached hydrogens (tertiary/aromatic N) is 3. The van der Waals surface area contributed by atoms with Crippen LogP contribution in [0, 0.1) is 12.8 Å². The number of Topliss-reactive ketones (excluding diaryl/α,β-unsaturated/α-hetero) is 1. The number of likely N-dealkylation sites (tertiary alicyclic amines) is 1. The quantitative estimate of drug-likeness (QED) is 0.273. The van der Waals surface area contributed by atoms with Crippen LogP contribution < -0.4 is 0 Å². The Kier molecular flexibility index (Phi) is 8.45. The van der Waals surface area contributed by atoms with E-state index in [4.69, 9.17) is 4.74 Å². The number of fused-ring (bicyclic) bond motifs is 1. The molecule has 0 spiro atoms. The lowest BCUT2D eigenvalue weighted by Crippen LogP contribution is -2.39. The predicted molar refractivity (Wildman–Crippen MR) is 138 cm³/mol. The van der Waals surface area contributed by atoms with E-state index in [1.165, 1.54) is 0 Å². The number of aryl methyl sites for hydroxylation is 1. The van der Waals surface area contributed by atoms with Crippen molar-refractivity contribution in [3.8, 4) is 0 Å². The second kappa shape index (κ2) is 11.5. The summed E-state index contributed by atoms with van der Waals surface area (Å²) >= 11 is 0. The number of carbonyl (C=O) groups is 2. The average Bonchev–Trinajstić information content (AvgIpc) is 3.32. The van der Waals surface area contributed by atoms with Gasteiger partial charge in [-0.2, -0.15) is 18.3 Å². The van der Waals surface area contributed by atoms with Gasteiger partial charge in [0.15, 0.2) is 5.78 Å². The van der Waals surface area contributed by atoms with Crippen LogP contribution in [0.15, 0.2) is 47.5 Å². The molecule has 2 aromatic carbocycles. The molecule has 12 heteroatoms. The van der Waals surface area contributed by atoms with Crippen LogP contribution in [0.1, 0.15) is 52.0 Å². The summed E-state index contributed by atoms with van der Waals surface area (Å²) in [5.41, 5.74) is -2.87. The number of amides is 1. The smallest absolute Gasteiger partial charge is 0.385 e. The molecule has 1 amide bonds. The van der Waals surface area contributed by atoms with E-state index in [0.29, 0.717) is 57.5 Å². The van der Waals surface area contributed by atoms with Crippen molar-refractivity contribution in [2.75, 3.05) is 26.8 Å². The van der Waals surface area contributed by atoms with E-state index in [9.17, 15) is 31.2 Å². The summed E-state index contributed by atoms with van der Waals surface area (Å²) in [6.45, 7) is 4.04. The van der Waals surface area contributed by atoms with Gasteiger partial charge < -0.3 is 9.64 Å². The maximum atomic E-state index is 12.8. The van der Waals surface area contributed by atoms with Crippen LogP contribution in [-0.4, -0.2) is 67.1 Å². The van der Waals surface area contributed by atoms with Crippen LogP contribution in [0.25, 0.3) is 10.9 Å². The van der Waals surface area contributed by atoms with Gasteiger partial charge in [0, 0.05) is 62.5 Å². The van der Waals surface area contributed by atoms with Crippen LogP contribution >= 0.6 is 0 Å². The second-order valence-corrected chi connectivity index (χ2v) is 11.7. The number of hydrogen-bond acceptors (Lipinski definition) is 6. The van der Waals surface area contributed by atoms with Crippen molar-refractivity contribution < 1.29 is 35.9 Å². The number of rotatable bonds is 9. The van der Waals surface area contributed by atoms with E-state index in [1.807, 2.05) is 29.9 Å². The van der Waals surface area contributed by atoms with Crippen LogP contribution in [-0.2, 0) is 21.1 Å². The summed E-state index contributed by atoms with van der Waals surface area (Å²) < 4.78 is 68.3. The van der Waals surface area contributed by atoms with E-state index < -0.39 is 20.2 Å². The zero-order chi connectivity index (χ0) is 28.4. The Morgan fingerprint density at radius 1 is 1.08 bits per heavy atom. The molecule has 0 unspecified atom stereocenters. The average molecular weight is 566 g/mol. The Balaban J connectivity index is 1.36. The molecule has 0 bridgehead atoms. The molecule has 1 aliphatic heterocycles. The lowest BCUT2D eigenvalue weighted by Gasteiger charge is -2.32. The molecule has 4 rings (SSSR count). The summed E-state index contributed by atoms with van der Waals surface area (Å²) in [7, 11) is -3.85. The Labute approximate surface area is 224 Å². The molecule has 1 aromatic heterocycles. The first-order valence-corrected chi connectivity index (χ1v) is 14.1. The van der Waals surface area contributed by atoms with Crippen molar-refractivity contribution >= 4 is 32.4 Å². The number of benzene rings is 2. The third-order valence-corrected chi connectivity index (χ3v) is 8.62. The van der Waals surface area contributed by atoms with Gasteiger partial charge in [0.05, 0.1) is 10.4 Å². The van der Waals surface area contributed by atoms with Gasteiger partial charge in [-0.15, -0.1) is 0 Å². The van der Waals surface area contributed by atoms with Gasteiger partial charge in [-0.05, 0) is 74.1 Å². The number of alkyl halides is 3. The van der Waals surface area contributed by atoms with Crippen molar-refractivity contribution in [3.63, 3.8) is 0 Å². The summed E-state index contributed by atoms with van der Waals surface area (Å²) in [5, 5.41) is 5.59. The fourth-order valence-corrected chi connectivity index (χ4v) is 5.63. The molecule has 3 aromatic rings. The van der Waals surface area contributed by atoms with Gasteiger partial charge in [0.2, 0.25) is 0 Å². The number of methoxy groups -OCH3 is 1. The first kappa shape index (κ1) is 28.8. The van der Waals surface area contributed by atoms with Gasteiger partial charge in [0.25, 0.3) is 15.7 Å². The van der Waals surface area contributed by atoms with Gasteiger partial charge in [-0.25, -0.2) is 8.42 Å². The fourth-order valence-electron chi connectivity index (χ4n) is 4.86. The normalized spacial score (nSPS) is 15.2. The monoisotopic (exact) mass is 565 g/mol. The van der Waals surface area contributed by atoms with Crippen LogP contribution in [0.4, 0.5) is 13.2 Å². The molecule has 8 nitrogen and oxygen atoms in total. The zero-order valence-electron chi connectivity index (χ0n) is 21.7. The van der Waals surface area contributed by atoms with Crippen molar-refractivity contribution in [1.82, 2.24) is 14.7 Å². The summed E-state index contributed by atoms with van der Waals surface area (Å²) in [6, 6.07) is 7.52. The van der Waals surface area contributed by atoms with Crippen molar-refractivity contribution in [3.05, 3.63) is 59.3 Å². The van der Waals surface area contributed by atoms with E-state index in [-0.39, 0.29) is 23.2 Å². The predicted octanol–water partition coefficient (Wildman–Crippen LogP) is 4.80. The Bertz CT molecular complexity index is 1460. The fraction of sp³-hybridized carbons (Fsp3) is 0.444. The van der Waals surface area contributed by atoms with Gasteiger partial charge >= 0.3 is 5.51 Å². The molecule has 0 aliphatic carbocycles. The van der Waals surface area contributed by atoms with Crippen LogP contribution in [0.5, 0.6) is 0 Å². The molecule has 39 heavy (non-hydrogen) atoms. The van der Waals surface area contributed by atoms with Crippen molar-refractivity contribution in [2.24, 2.45) is 5.92 Å². The molecule has 2 heterocycles. The summed E-state index contributed by atoms with van der Waals surface area (Å²) in [5.74, 6) is -0.0153. The molecule has 0 N–H and O–H groups in total. The summed E-state index contributed by atoms with van der Waals surface area (Å²) in [6.07, 6.45) is 4.46. The highest BCUT2D eigenvalue weighted by Gasteiger charge is 2.46. The zero-order valence-corrected chi connectivity index (χ0v) is 22.5. The largest absolute Gasteiger partial charge is 0.501 e. The highest BCUT2D eigenvalue weighted by Crippen LogP contribution is 2.31. The number of aromatic nitrogens is 2. The molecular weight excluding hydrogens is 535 g/mol. The minimum Gasteiger partial charge on any atom is -0.385 e. The highest BCUT2D eigenvalue weighted by atomic mass is 32.2. The third kappa shape index (κ3) is 6.17. The third-order valence-electron chi connectivity index (χ3n) is 7.12. The summed E-state index contributed by atoms with van der Waals surface area (Å²) in [4.78, 5) is 26.2. The standard InChI is InChI=1S/C27H30F3N3O5S/c1-18-22(25(34)4-3-15-38-2)9-10-24-23(18)17-33(31-24)16-19-11-13-32(14-12-19)26(35)20-5-7-21(8-6-20)39(36,37)27(28,29)30/h5-10,17,19H,3-4,11-16H2,1-2H3. The number of piperidine rings is 1. The Morgan fingerprint density at radius 3 is 2.36 bits per heavy atom. The Hall–Kier alpha value is -3.25. The first-order valence-electron chi connectivity index (χ1n) is 12.6. The number of carbonyl (C=O) groups excluding carboxylic acids is 2. The SMILES string of the molecule is COCCCC(=O)c1ccc2nn(CC3CCN(C(=O)c4ccc(S(=O)(=O)C(F)(F)F)cc4)CC3)cc2c1C. The molecule has 0 saturated carbocycles. The molecule has 1 aliphatic rings. The first-order chi connectivity index (χ1) is 18.4. The molecular formula is C27H30F3N3O5S. The second-order valence-electron chi connectivity index (χ2n) is 9.75. The maximum Gasteiger partial charge on any atom is 0.501 e. The van der Waals surface area contributed by atoms with Crippen LogP contribution in [0.2, 0.25) is 0 Å². The van der Waals surface area contributed by atoms with E-state index in [1.54, 1.807) is 12.0 Å². The molecule has 0 radical (unpaired) electrons. The van der Waals surface area contributed by atoms with Crippen molar-refractivity contribution in [2.45, 2.75) is 49.6 Å². The van der Waals surface area contributed by atoms with Gasteiger partial charge in [-0.1, -0.05) is 0 Å². The maximum absolute atomic E-state index is 12.8. The number of ketones is 1. The number of sulfone groups is 1. The molecule has 1 saturated heterocycles. The van der Waals surface area contributed by atoms with E-state index in [2.05, 4.69) is 5.10 Å². The Morgan fingerprint density at radius 2 is 1.74 bits per heavy atom. The molecule has 1 fully saturated rings.